The summed E-state index contributed by atoms with van der Waals surface area (Å²) in [5, 5.41) is 7.96. The highest BCUT2D eigenvalue weighted by atomic mass is 79.9. The van der Waals surface area contributed by atoms with E-state index in [0.29, 0.717) is 5.69 Å². The average Bonchev–Trinajstić information content (AvgIpc) is 2.69. The molecule has 0 aromatic heterocycles. The third-order valence-corrected chi connectivity index (χ3v) is 5.29. The minimum absolute atomic E-state index is 0.105. The molecule has 28 heavy (non-hydrogen) atoms. The Labute approximate surface area is 172 Å². The molecule has 0 bridgehead atoms. The standard InChI is InChI=1S/C22H22BrN3O2/c1-15(26(2)14-21(27)25-20-10-6-5-9-19(20)23)22(28)24-18-12-11-16-7-3-4-8-17(16)13-18/h3-13,15H,14H2,1-2H3,(H,24,28)(H,25,27)/t15-/m0/s1. The lowest BCUT2D eigenvalue weighted by Gasteiger charge is -2.23. The van der Waals surface area contributed by atoms with Gasteiger partial charge in [0.1, 0.15) is 0 Å². The quantitative estimate of drug-likeness (QED) is 0.594. The molecule has 5 nitrogen and oxygen atoms in total. The zero-order valence-corrected chi connectivity index (χ0v) is 17.4. The van der Waals surface area contributed by atoms with Gasteiger partial charge < -0.3 is 10.6 Å². The Morgan fingerprint density at radius 3 is 2.39 bits per heavy atom. The number of amides is 2. The van der Waals surface area contributed by atoms with E-state index in [1.165, 1.54) is 0 Å². The number of nitrogens with one attached hydrogen (secondary N) is 2. The number of likely N-dealkylation sites (N-methyl/N-ethyl adjacent to an activating group) is 1. The second kappa shape index (κ2) is 8.99. The highest BCUT2D eigenvalue weighted by Gasteiger charge is 2.20. The van der Waals surface area contributed by atoms with Crippen LogP contribution in [-0.2, 0) is 9.59 Å². The van der Waals surface area contributed by atoms with E-state index in [2.05, 4.69) is 26.6 Å². The van der Waals surface area contributed by atoms with Crippen molar-refractivity contribution in [1.82, 2.24) is 4.90 Å². The van der Waals surface area contributed by atoms with Crippen molar-refractivity contribution in [2.75, 3.05) is 24.2 Å². The van der Waals surface area contributed by atoms with E-state index in [1.807, 2.05) is 66.7 Å². The predicted molar refractivity (Wildman–Crippen MR) is 117 cm³/mol. The maximum Gasteiger partial charge on any atom is 0.241 e. The van der Waals surface area contributed by atoms with Crippen LogP contribution in [0.3, 0.4) is 0 Å². The van der Waals surface area contributed by atoms with Gasteiger partial charge in [0.15, 0.2) is 0 Å². The molecule has 0 spiro atoms. The normalized spacial score (nSPS) is 12.0. The Morgan fingerprint density at radius 1 is 0.964 bits per heavy atom. The molecule has 0 heterocycles. The number of nitrogens with zero attached hydrogens (tertiary/aromatic N) is 1. The van der Waals surface area contributed by atoms with Crippen LogP contribution < -0.4 is 10.6 Å². The van der Waals surface area contributed by atoms with Crippen LogP contribution in [0.1, 0.15) is 6.92 Å². The number of benzene rings is 3. The van der Waals surface area contributed by atoms with Crippen molar-refractivity contribution in [2.45, 2.75) is 13.0 Å². The highest BCUT2D eigenvalue weighted by molar-refractivity contribution is 9.10. The number of rotatable bonds is 6. The van der Waals surface area contributed by atoms with E-state index in [4.69, 9.17) is 0 Å². The first-order valence-electron chi connectivity index (χ1n) is 8.98. The summed E-state index contributed by atoms with van der Waals surface area (Å²) in [6, 6.07) is 20.7. The SMILES string of the molecule is C[C@@H](C(=O)Nc1ccc2ccccc2c1)N(C)CC(=O)Nc1ccccc1Br. The van der Waals surface area contributed by atoms with Crippen LogP contribution in [0.5, 0.6) is 0 Å². The summed E-state index contributed by atoms with van der Waals surface area (Å²) in [6.45, 7) is 1.88. The van der Waals surface area contributed by atoms with Crippen molar-refractivity contribution in [3.63, 3.8) is 0 Å². The van der Waals surface area contributed by atoms with Crippen LogP contribution in [0.15, 0.2) is 71.2 Å². The maximum atomic E-state index is 12.6. The molecule has 0 aliphatic rings. The fourth-order valence-corrected chi connectivity index (χ4v) is 3.21. The molecule has 0 aliphatic carbocycles. The molecule has 144 valence electrons. The number of anilines is 2. The Morgan fingerprint density at radius 2 is 1.64 bits per heavy atom. The van der Waals surface area contributed by atoms with Crippen molar-refractivity contribution in [3.8, 4) is 0 Å². The summed E-state index contributed by atoms with van der Waals surface area (Å²) in [4.78, 5) is 26.6. The Bertz CT molecular complexity index is 1010. The second-order valence-electron chi connectivity index (χ2n) is 6.67. The molecule has 0 saturated carbocycles. The molecule has 2 amide bonds. The van der Waals surface area contributed by atoms with Gasteiger partial charge in [-0.15, -0.1) is 0 Å². The summed E-state index contributed by atoms with van der Waals surface area (Å²) in [6.07, 6.45) is 0. The Kier molecular flexibility index (Phi) is 6.44. The molecule has 3 aromatic rings. The smallest absolute Gasteiger partial charge is 0.241 e. The molecule has 0 aliphatic heterocycles. The molecular weight excluding hydrogens is 418 g/mol. The number of carbonyl (C=O) groups excluding carboxylic acids is 2. The lowest BCUT2D eigenvalue weighted by atomic mass is 10.1. The number of carbonyl (C=O) groups is 2. The van der Waals surface area contributed by atoms with Crippen LogP contribution in [0.2, 0.25) is 0 Å². The van der Waals surface area contributed by atoms with Gasteiger partial charge in [-0.1, -0.05) is 42.5 Å². The number of hydrogen-bond donors (Lipinski definition) is 2. The molecule has 0 saturated heterocycles. The molecule has 0 fully saturated rings. The minimum Gasteiger partial charge on any atom is -0.325 e. The van der Waals surface area contributed by atoms with E-state index in [1.54, 1.807) is 18.9 Å². The fraction of sp³-hybridized carbons (Fsp3) is 0.182. The summed E-state index contributed by atoms with van der Waals surface area (Å²) in [5.74, 6) is -0.341. The lowest BCUT2D eigenvalue weighted by Crippen LogP contribution is -2.43. The van der Waals surface area contributed by atoms with E-state index in [9.17, 15) is 9.59 Å². The van der Waals surface area contributed by atoms with Gasteiger partial charge in [-0.05, 0) is 64.9 Å². The van der Waals surface area contributed by atoms with Gasteiger partial charge in [0.05, 0.1) is 18.3 Å². The average molecular weight is 440 g/mol. The molecular formula is C22H22BrN3O2. The summed E-state index contributed by atoms with van der Waals surface area (Å²) in [7, 11) is 1.75. The predicted octanol–water partition coefficient (Wildman–Crippen LogP) is 4.50. The first kappa shape index (κ1) is 20.0. The van der Waals surface area contributed by atoms with Crippen molar-refractivity contribution in [2.24, 2.45) is 0 Å². The van der Waals surface area contributed by atoms with Crippen molar-refractivity contribution < 1.29 is 9.59 Å². The lowest BCUT2D eigenvalue weighted by molar-refractivity contribution is -0.122. The molecule has 6 heteroatoms. The zero-order valence-electron chi connectivity index (χ0n) is 15.8. The first-order valence-corrected chi connectivity index (χ1v) is 9.77. The number of hydrogen-bond acceptors (Lipinski definition) is 3. The molecule has 2 N–H and O–H groups in total. The second-order valence-corrected chi connectivity index (χ2v) is 7.52. The summed E-state index contributed by atoms with van der Waals surface area (Å²) in [5.41, 5.74) is 1.44. The minimum atomic E-state index is -0.462. The zero-order chi connectivity index (χ0) is 20.1. The van der Waals surface area contributed by atoms with Gasteiger partial charge in [0, 0.05) is 10.2 Å². The van der Waals surface area contributed by atoms with Gasteiger partial charge in [0.25, 0.3) is 0 Å². The Balaban J connectivity index is 1.58. The fourth-order valence-electron chi connectivity index (χ4n) is 2.83. The highest BCUT2D eigenvalue weighted by Crippen LogP contribution is 2.21. The van der Waals surface area contributed by atoms with E-state index >= 15 is 0 Å². The summed E-state index contributed by atoms with van der Waals surface area (Å²) < 4.78 is 0.813. The van der Waals surface area contributed by atoms with Crippen LogP contribution in [-0.4, -0.2) is 36.3 Å². The summed E-state index contributed by atoms with van der Waals surface area (Å²) >= 11 is 3.40. The third kappa shape index (κ3) is 4.97. The molecule has 1 atom stereocenters. The van der Waals surface area contributed by atoms with Crippen molar-refractivity contribution >= 4 is 49.9 Å². The van der Waals surface area contributed by atoms with Gasteiger partial charge in [0.2, 0.25) is 11.8 Å². The van der Waals surface area contributed by atoms with Gasteiger partial charge in [-0.3, -0.25) is 14.5 Å². The van der Waals surface area contributed by atoms with Gasteiger partial charge in [-0.25, -0.2) is 0 Å². The molecule has 3 rings (SSSR count). The van der Waals surface area contributed by atoms with E-state index in [0.717, 1.165) is 20.9 Å². The first-order chi connectivity index (χ1) is 13.4. The van der Waals surface area contributed by atoms with Crippen LogP contribution >= 0.6 is 15.9 Å². The number of para-hydroxylation sites is 1. The topological polar surface area (TPSA) is 61.4 Å². The maximum absolute atomic E-state index is 12.6. The molecule has 0 unspecified atom stereocenters. The van der Waals surface area contributed by atoms with Crippen LogP contribution in [0, 0.1) is 0 Å². The van der Waals surface area contributed by atoms with E-state index < -0.39 is 6.04 Å². The monoisotopic (exact) mass is 439 g/mol. The number of halogens is 1. The van der Waals surface area contributed by atoms with E-state index in [-0.39, 0.29) is 18.4 Å². The number of fused-ring (bicyclic) bond motifs is 1. The van der Waals surface area contributed by atoms with Gasteiger partial charge >= 0.3 is 0 Å². The van der Waals surface area contributed by atoms with Crippen LogP contribution in [0.25, 0.3) is 10.8 Å². The molecule has 3 aromatic carbocycles. The van der Waals surface area contributed by atoms with Crippen molar-refractivity contribution in [3.05, 3.63) is 71.2 Å². The third-order valence-electron chi connectivity index (χ3n) is 4.60. The molecule has 0 radical (unpaired) electrons. The Hall–Kier alpha value is -2.70. The van der Waals surface area contributed by atoms with Crippen molar-refractivity contribution in [1.29, 1.82) is 0 Å². The van der Waals surface area contributed by atoms with Gasteiger partial charge in [-0.2, -0.15) is 0 Å². The van der Waals surface area contributed by atoms with Crippen LogP contribution in [0.4, 0.5) is 11.4 Å². The largest absolute Gasteiger partial charge is 0.325 e.